The Hall–Kier alpha value is -2.65. The first-order valence-electron chi connectivity index (χ1n) is 6.78. The molecule has 1 saturated heterocycles. The minimum atomic E-state index is -0.0142. The molecule has 1 amide bonds. The standard InChI is InChI=1S/C15H15N5O/c16-7-11-6-14(21)19(10-11)15-12(8-17)9-18-20(15)13-4-2-1-3-5-13/h1-5,9,11H,6-7,10,16H2. The third kappa shape index (κ3) is 2.28. The largest absolute Gasteiger partial charge is 0.330 e. The van der Waals surface area contributed by atoms with Crippen LogP contribution in [0.15, 0.2) is 36.5 Å². The molecule has 2 aromatic rings. The molecule has 0 radical (unpaired) electrons. The van der Waals surface area contributed by atoms with E-state index in [1.54, 1.807) is 9.58 Å². The number of hydrogen-bond donors (Lipinski definition) is 1. The number of anilines is 1. The maximum Gasteiger partial charge on any atom is 0.228 e. The SMILES string of the molecule is N#Cc1cnn(-c2ccccc2)c1N1CC(CN)CC1=O. The summed E-state index contributed by atoms with van der Waals surface area (Å²) in [6, 6.07) is 11.6. The van der Waals surface area contributed by atoms with Gasteiger partial charge in [0, 0.05) is 13.0 Å². The summed E-state index contributed by atoms with van der Waals surface area (Å²) in [7, 11) is 0. The minimum absolute atomic E-state index is 0.0142. The monoisotopic (exact) mass is 281 g/mol. The second-order valence-corrected chi connectivity index (χ2v) is 5.05. The Kier molecular flexibility index (Phi) is 3.42. The van der Waals surface area contributed by atoms with Gasteiger partial charge < -0.3 is 5.73 Å². The van der Waals surface area contributed by atoms with Crippen molar-refractivity contribution < 1.29 is 4.79 Å². The summed E-state index contributed by atoms with van der Waals surface area (Å²) >= 11 is 0. The fraction of sp³-hybridized carbons (Fsp3) is 0.267. The smallest absolute Gasteiger partial charge is 0.228 e. The second kappa shape index (κ2) is 5.38. The van der Waals surface area contributed by atoms with Gasteiger partial charge in [-0.1, -0.05) is 18.2 Å². The zero-order chi connectivity index (χ0) is 14.8. The first-order chi connectivity index (χ1) is 10.2. The predicted molar refractivity (Wildman–Crippen MR) is 77.8 cm³/mol. The molecule has 21 heavy (non-hydrogen) atoms. The zero-order valence-electron chi connectivity index (χ0n) is 11.4. The van der Waals surface area contributed by atoms with Crippen molar-refractivity contribution in [2.75, 3.05) is 18.0 Å². The molecule has 1 unspecified atom stereocenters. The van der Waals surface area contributed by atoms with Crippen molar-refractivity contribution in [1.29, 1.82) is 5.26 Å². The van der Waals surface area contributed by atoms with E-state index in [-0.39, 0.29) is 11.8 Å². The molecule has 106 valence electrons. The number of carbonyl (C=O) groups is 1. The normalized spacial score (nSPS) is 18.0. The highest BCUT2D eigenvalue weighted by molar-refractivity contribution is 5.96. The van der Waals surface area contributed by atoms with E-state index in [2.05, 4.69) is 11.2 Å². The van der Waals surface area contributed by atoms with E-state index in [1.165, 1.54) is 6.20 Å². The Morgan fingerprint density at radius 2 is 2.14 bits per heavy atom. The van der Waals surface area contributed by atoms with E-state index in [4.69, 9.17) is 5.73 Å². The lowest BCUT2D eigenvalue weighted by Gasteiger charge is -2.18. The number of nitrogens with two attached hydrogens (primary N) is 1. The molecule has 1 aromatic heterocycles. The third-order valence-corrected chi connectivity index (χ3v) is 3.66. The highest BCUT2D eigenvalue weighted by Crippen LogP contribution is 2.29. The van der Waals surface area contributed by atoms with E-state index in [0.717, 1.165) is 5.69 Å². The lowest BCUT2D eigenvalue weighted by molar-refractivity contribution is -0.117. The Morgan fingerprint density at radius 3 is 2.76 bits per heavy atom. The van der Waals surface area contributed by atoms with Gasteiger partial charge in [-0.05, 0) is 24.6 Å². The molecule has 1 aliphatic heterocycles. The Bertz CT molecular complexity index is 701. The van der Waals surface area contributed by atoms with Gasteiger partial charge in [-0.25, -0.2) is 4.68 Å². The second-order valence-electron chi connectivity index (χ2n) is 5.05. The maximum absolute atomic E-state index is 12.2. The molecule has 0 aliphatic carbocycles. The van der Waals surface area contributed by atoms with Crippen molar-refractivity contribution in [1.82, 2.24) is 9.78 Å². The van der Waals surface area contributed by atoms with Crippen molar-refractivity contribution in [3.05, 3.63) is 42.1 Å². The van der Waals surface area contributed by atoms with Gasteiger partial charge in [0.1, 0.15) is 11.6 Å². The maximum atomic E-state index is 12.2. The van der Waals surface area contributed by atoms with E-state index in [0.29, 0.717) is 30.9 Å². The highest BCUT2D eigenvalue weighted by Gasteiger charge is 2.33. The molecule has 0 saturated carbocycles. The van der Waals surface area contributed by atoms with Crippen LogP contribution in [0.2, 0.25) is 0 Å². The van der Waals surface area contributed by atoms with Crippen LogP contribution in [0.5, 0.6) is 0 Å². The van der Waals surface area contributed by atoms with Gasteiger partial charge in [0.05, 0.1) is 11.9 Å². The number of amides is 1. The number of aromatic nitrogens is 2. The molecular weight excluding hydrogens is 266 g/mol. The number of hydrogen-bond acceptors (Lipinski definition) is 4. The first-order valence-corrected chi connectivity index (χ1v) is 6.78. The number of carbonyl (C=O) groups excluding carboxylic acids is 1. The van der Waals surface area contributed by atoms with Crippen LogP contribution in [0, 0.1) is 17.2 Å². The summed E-state index contributed by atoms with van der Waals surface area (Å²) < 4.78 is 1.63. The van der Waals surface area contributed by atoms with Crippen LogP contribution in [-0.4, -0.2) is 28.8 Å². The summed E-state index contributed by atoms with van der Waals surface area (Å²) in [6.07, 6.45) is 1.91. The molecule has 6 heteroatoms. The summed E-state index contributed by atoms with van der Waals surface area (Å²) in [6.45, 7) is 0.992. The number of benzene rings is 1. The van der Waals surface area contributed by atoms with E-state index in [9.17, 15) is 10.1 Å². The Balaban J connectivity index is 2.08. The van der Waals surface area contributed by atoms with E-state index in [1.807, 2.05) is 30.3 Å². The van der Waals surface area contributed by atoms with Crippen LogP contribution >= 0.6 is 0 Å². The lowest BCUT2D eigenvalue weighted by Crippen LogP contribution is -2.28. The van der Waals surface area contributed by atoms with Gasteiger partial charge in [0.25, 0.3) is 0 Å². The van der Waals surface area contributed by atoms with Crippen LogP contribution in [0.4, 0.5) is 5.82 Å². The van der Waals surface area contributed by atoms with E-state index >= 15 is 0 Å². The summed E-state index contributed by atoms with van der Waals surface area (Å²) in [5.41, 5.74) is 6.88. The zero-order valence-corrected chi connectivity index (χ0v) is 11.4. The molecule has 0 spiro atoms. The topological polar surface area (TPSA) is 87.9 Å². The number of para-hydroxylation sites is 1. The van der Waals surface area contributed by atoms with Gasteiger partial charge >= 0.3 is 0 Å². The average Bonchev–Trinajstić information content (AvgIpc) is 3.10. The van der Waals surface area contributed by atoms with Crippen molar-refractivity contribution in [3.8, 4) is 11.8 Å². The molecule has 1 aliphatic rings. The average molecular weight is 281 g/mol. The molecule has 2 N–H and O–H groups in total. The molecule has 6 nitrogen and oxygen atoms in total. The van der Waals surface area contributed by atoms with Crippen LogP contribution < -0.4 is 10.6 Å². The summed E-state index contributed by atoms with van der Waals surface area (Å²) in [5.74, 6) is 0.646. The van der Waals surface area contributed by atoms with Gasteiger partial charge in [-0.2, -0.15) is 10.4 Å². The van der Waals surface area contributed by atoms with Crippen molar-refractivity contribution in [2.45, 2.75) is 6.42 Å². The van der Waals surface area contributed by atoms with Gasteiger partial charge in [0.2, 0.25) is 5.91 Å². The molecular formula is C15H15N5O. The van der Waals surface area contributed by atoms with Crippen LogP contribution in [0.25, 0.3) is 5.69 Å². The summed E-state index contributed by atoms with van der Waals surface area (Å²) in [5, 5.41) is 13.5. The lowest BCUT2D eigenvalue weighted by atomic mass is 10.1. The third-order valence-electron chi connectivity index (χ3n) is 3.66. The van der Waals surface area contributed by atoms with Crippen LogP contribution in [0.3, 0.4) is 0 Å². The van der Waals surface area contributed by atoms with Crippen molar-refractivity contribution in [2.24, 2.45) is 11.7 Å². The number of rotatable bonds is 3. The van der Waals surface area contributed by atoms with Gasteiger partial charge in [-0.3, -0.25) is 9.69 Å². The quantitative estimate of drug-likeness (QED) is 0.911. The van der Waals surface area contributed by atoms with Crippen molar-refractivity contribution >= 4 is 11.7 Å². The molecule has 3 rings (SSSR count). The molecule has 2 heterocycles. The Labute approximate surface area is 122 Å². The summed E-state index contributed by atoms with van der Waals surface area (Å²) in [4.78, 5) is 13.8. The number of nitrogens with zero attached hydrogens (tertiary/aromatic N) is 4. The number of nitriles is 1. The van der Waals surface area contributed by atoms with Gasteiger partial charge in [0.15, 0.2) is 5.82 Å². The van der Waals surface area contributed by atoms with Crippen LogP contribution in [-0.2, 0) is 4.79 Å². The van der Waals surface area contributed by atoms with Gasteiger partial charge in [-0.15, -0.1) is 0 Å². The highest BCUT2D eigenvalue weighted by atomic mass is 16.2. The molecule has 0 bridgehead atoms. The van der Waals surface area contributed by atoms with Crippen molar-refractivity contribution in [3.63, 3.8) is 0 Å². The minimum Gasteiger partial charge on any atom is -0.330 e. The fourth-order valence-electron chi connectivity index (χ4n) is 2.58. The predicted octanol–water partition coefficient (Wildman–Crippen LogP) is 1.06. The molecule has 1 atom stereocenters. The first kappa shape index (κ1) is 13.3. The Morgan fingerprint density at radius 1 is 1.38 bits per heavy atom. The molecule has 1 fully saturated rings. The van der Waals surface area contributed by atoms with Crippen LogP contribution in [0.1, 0.15) is 12.0 Å². The van der Waals surface area contributed by atoms with E-state index < -0.39 is 0 Å². The molecule has 1 aromatic carbocycles. The fourth-order valence-corrected chi connectivity index (χ4v) is 2.58.